The van der Waals surface area contributed by atoms with Gasteiger partial charge in [0.1, 0.15) is 5.75 Å². The van der Waals surface area contributed by atoms with E-state index in [0.29, 0.717) is 49.9 Å². The highest BCUT2D eigenvalue weighted by Gasteiger charge is 2.41. The molecule has 3 rings (SSSR count). The number of amides is 2. The molecule has 1 atom stereocenters. The van der Waals surface area contributed by atoms with Gasteiger partial charge in [0.2, 0.25) is 11.8 Å². The molecule has 2 aliphatic rings. The van der Waals surface area contributed by atoms with Crippen molar-refractivity contribution in [2.24, 2.45) is 5.41 Å². The van der Waals surface area contributed by atoms with Crippen LogP contribution in [-0.2, 0) is 14.3 Å². The molecule has 0 radical (unpaired) electrons. The Labute approximate surface area is 190 Å². The van der Waals surface area contributed by atoms with E-state index in [2.05, 4.69) is 11.9 Å². The molecule has 7 nitrogen and oxygen atoms in total. The summed E-state index contributed by atoms with van der Waals surface area (Å²) < 4.78 is 11.2. The van der Waals surface area contributed by atoms with Crippen LogP contribution in [0.2, 0.25) is 5.02 Å². The summed E-state index contributed by atoms with van der Waals surface area (Å²) in [5.41, 5.74) is -0.413. The molecule has 172 valence electrons. The van der Waals surface area contributed by atoms with Gasteiger partial charge in [0.15, 0.2) is 0 Å². The molecule has 0 saturated carbocycles. The Balaban J connectivity index is 1.72. The summed E-state index contributed by atoms with van der Waals surface area (Å²) >= 11 is 6.10. The lowest BCUT2D eigenvalue weighted by Gasteiger charge is -2.43. The number of nitrogens with zero attached hydrogens (tertiary/aromatic N) is 3. The van der Waals surface area contributed by atoms with Crippen molar-refractivity contribution in [2.75, 3.05) is 66.6 Å². The summed E-state index contributed by atoms with van der Waals surface area (Å²) in [6.45, 7) is 5.29. The molecule has 0 aliphatic carbocycles. The standard InChI is InChI=1S/C23H34ClN3O4/c1-25-10-12-26(13-11-25)22(29)16-23(18-31-20-6-3-5-19(24)15-20)8-4-9-27(17-23)21(28)7-14-30-2/h3,5-6,15H,4,7-14,16-18H2,1-2H3/t23-/m0/s1. The summed E-state index contributed by atoms with van der Waals surface area (Å²) in [5.74, 6) is 0.900. The van der Waals surface area contributed by atoms with Gasteiger partial charge < -0.3 is 24.2 Å². The fraction of sp³-hybridized carbons (Fsp3) is 0.652. The topological polar surface area (TPSA) is 62.3 Å². The Hall–Kier alpha value is -1.83. The molecule has 0 spiro atoms. The van der Waals surface area contributed by atoms with Crippen LogP contribution in [0.1, 0.15) is 25.7 Å². The number of likely N-dealkylation sites (N-methyl/N-ethyl adjacent to an activating group) is 1. The summed E-state index contributed by atoms with van der Waals surface area (Å²) in [5, 5.41) is 0.611. The number of ether oxygens (including phenoxy) is 2. The van der Waals surface area contributed by atoms with Gasteiger partial charge in [-0.15, -0.1) is 0 Å². The summed E-state index contributed by atoms with van der Waals surface area (Å²) in [7, 11) is 3.67. The van der Waals surface area contributed by atoms with E-state index in [-0.39, 0.29) is 11.8 Å². The molecule has 2 fully saturated rings. The van der Waals surface area contributed by atoms with Crippen LogP contribution in [0.4, 0.5) is 0 Å². The van der Waals surface area contributed by atoms with Crippen molar-refractivity contribution in [3.05, 3.63) is 29.3 Å². The predicted molar refractivity (Wildman–Crippen MR) is 120 cm³/mol. The second-order valence-corrected chi connectivity index (χ2v) is 9.20. The lowest BCUT2D eigenvalue weighted by atomic mass is 9.77. The maximum Gasteiger partial charge on any atom is 0.224 e. The Morgan fingerprint density at radius 2 is 1.87 bits per heavy atom. The van der Waals surface area contributed by atoms with Crippen molar-refractivity contribution in [1.29, 1.82) is 0 Å². The van der Waals surface area contributed by atoms with Crippen molar-refractivity contribution in [2.45, 2.75) is 25.7 Å². The third-order valence-electron chi connectivity index (χ3n) is 6.26. The number of halogens is 1. The van der Waals surface area contributed by atoms with Gasteiger partial charge in [-0.2, -0.15) is 0 Å². The normalized spacial score (nSPS) is 22.4. The second-order valence-electron chi connectivity index (χ2n) is 8.77. The highest BCUT2D eigenvalue weighted by Crippen LogP contribution is 2.36. The van der Waals surface area contributed by atoms with Crippen LogP contribution in [0.25, 0.3) is 0 Å². The van der Waals surface area contributed by atoms with Gasteiger partial charge in [0.05, 0.1) is 19.6 Å². The van der Waals surface area contributed by atoms with Crippen molar-refractivity contribution in [1.82, 2.24) is 14.7 Å². The molecule has 0 bridgehead atoms. The minimum absolute atomic E-state index is 0.0701. The molecule has 31 heavy (non-hydrogen) atoms. The minimum atomic E-state index is -0.413. The first kappa shape index (κ1) is 23.8. The van der Waals surface area contributed by atoms with Gasteiger partial charge in [-0.1, -0.05) is 17.7 Å². The van der Waals surface area contributed by atoms with Crippen molar-refractivity contribution < 1.29 is 19.1 Å². The third-order valence-corrected chi connectivity index (χ3v) is 6.49. The van der Waals surface area contributed by atoms with Crippen LogP contribution in [0, 0.1) is 5.41 Å². The van der Waals surface area contributed by atoms with Gasteiger partial charge in [-0.3, -0.25) is 9.59 Å². The van der Waals surface area contributed by atoms with Crippen LogP contribution in [0.5, 0.6) is 5.75 Å². The Bertz CT molecular complexity index is 754. The zero-order valence-corrected chi connectivity index (χ0v) is 19.4. The Kier molecular flexibility index (Phi) is 8.58. The van der Waals surface area contributed by atoms with E-state index in [9.17, 15) is 9.59 Å². The summed E-state index contributed by atoms with van der Waals surface area (Å²) in [6, 6.07) is 7.30. The average Bonchev–Trinajstić information content (AvgIpc) is 2.77. The smallest absolute Gasteiger partial charge is 0.224 e. The molecule has 2 heterocycles. The van der Waals surface area contributed by atoms with E-state index in [1.54, 1.807) is 19.2 Å². The molecule has 2 saturated heterocycles. The third kappa shape index (κ3) is 6.82. The van der Waals surface area contributed by atoms with E-state index in [1.165, 1.54) is 0 Å². The number of piperazine rings is 1. The maximum atomic E-state index is 13.2. The van der Waals surface area contributed by atoms with Crippen LogP contribution >= 0.6 is 11.6 Å². The van der Waals surface area contributed by atoms with Crippen molar-refractivity contribution in [3.8, 4) is 5.75 Å². The maximum absolute atomic E-state index is 13.2. The SMILES string of the molecule is COCCC(=O)N1CCC[C@](COc2cccc(Cl)c2)(CC(=O)N2CCN(C)CC2)C1. The molecule has 0 aromatic heterocycles. The van der Waals surface area contributed by atoms with Gasteiger partial charge >= 0.3 is 0 Å². The lowest BCUT2D eigenvalue weighted by molar-refractivity contribution is -0.142. The minimum Gasteiger partial charge on any atom is -0.493 e. The number of hydrogen-bond acceptors (Lipinski definition) is 5. The fourth-order valence-corrected chi connectivity index (χ4v) is 4.54. The molecular weight excluding hydrogens is 418 g/mol. The molecule has 2 aliphatic heterocycles. The van der Waals surface area contributed by atoms with E-state index in [0.717, 1.165) is 39.0 Å². The molecular formula is C23H34ClN3O4. The molecule has 1 aromatic carbocycles. The molecule has 1 aromatic rings. The van der Waals surface area contributed by atoms with Gasteiger partial charge in [0.25, 0.3) is 0 Å². The monoisotopic (exact) mass is 451 g/mol. The fourth-order valence-electron chi connectivity index (χ4n) is 4.36. The summed E-state index contributed by atoms with van der Waals surface area (Å²) in [6.07, 6.45) is 2.44. The van der Waals surface area contributed by atoms with Crippen LogP contribution in [-0.4, -0.2) is 93.2 Å². The first-order chi connectivity index (χ1) is 14.9. The Morgan fingerprint density at radius 1 is 1.10 bits per heavy atom. The predicted octanol–water partition coefficient (Wildman–Crippen LogP) is 2.53. The number of methoxy groups -OCH3 is 1. The number of carbonyl (C=O) groups excluding carboxylic acids is 2. The van der Waals surface area contributed by atoms with Crippen LogP contribution in [0.15, 0.2) is 24.3 Å². The number of likely N-dealkylation sites (tertiary alicyclic amines) is 1. The highest BCUT2D eigenvalue weighted by molar-refractivity contribution is 6.30. The Morgan fingerprint density at radius 3 is 2.58 bits per heavy atom. The first-order valence-electron chi connectivity index (χ1n) is 11.0. The van der Waals surface area contributed by atoms with Gasteiger partial charge in [-0.25, -0.2) is 0 Å². The zero-order chi connectivity index (χ0) is 22.3. The van der Waals surface area contributed by atoms with Gasteiger partial charge in [0, 0.05) is 63.2 Å². The average molecular weight is 452 g/mol. The highest BCUT2D eigenvalue weighted by atomic mass is 35.5. The number of hydrogen-bond donors (Lipinski definition) is 0. The molecule has 8 heteroatoms. The van der Waals surface area contributed by atoms with E-state index in [1.807, 2.05) is 21.9 Å². The summed E-state index contributed by atoms with van der Waals surface area (Å²) in [4.78, 5) is 31.9. The number of rotatable bonds is 8. The number of piperidine rings is 1. The van der Waals surface area contributed by atoms with E-state index in [4.69, 9.17) is 21.1 Å². The number of carbonyl (C=O) groups is 2. The van der Waals surface area contributed by atoms with E-state index >= 15 is 0 Å². The largest absolute Gasteiger partial charge is 0.493 e. The lowest BCUT2D eigenvalue weighted by Crippen LogP contribution is -2.53. The second kappa shape index (κ2) is 11.2. The number of benzene rings is 1. The van der Waals surface area contributed by atoms with E-state index < -0.39 is 5.41 Å². The molecule has 2 amide bonds. The molecule has 0 N–H and O–H groups in total. The van der Waals surface area contributed by atoms with Crippen molar-refractivity contribution in [3.63, 3.8) is 0 Å². The first-order valence-corrected chi connectivity index (χ1v) is 11.4. The van der Waals surface area contributed by atoms with Crippen LogP contribution in [0.3, 0.4) is 0 Å². The van der Waals surface area contributed by atoms with Gasteiger partial charge in [-0.05, 0) is 38.1 Å². The molecule has 0 unspecified atom stereocenters. The van der Waals surface area contributed by atoms with Crippen molar-refractivity contribution >= 4 is 23.4 Å². The quantitative estimate of drug-likeness (QED) is 0.607. The van der Waals surface area contributed by atoms with Crippen LogP contribution < -0.4 is 4.74 Å². The zero-order valence-electron chi connectivity index (χ0n) is 18.6.